The fraction of sp³-hybridized carbons (Fsp3) is 0. The maximum atomic E-state index is 8.60. The van der Waals surface area contributed by atoms with Gasteiger partial charge in [0, 0.05) is 33.0 Å². The Bertz CT molecular complexity index is 2490. The van der Waals surface area contributed by atoms with Crippen LogP contribution in [0.15, 0.2) is 156 Å². The van der Waals surface area contributed by atoms with Gasteiger partial charge in [-0.15, -0.1) is 0 Å². The summed E-state index contributed by atoms with van der Waals surface area (Å²) in [4.78, 5) is 14.9. The Kier molecular flexibility index (Phi) is 4.91. The number of hydrogen-bond acceptors (Lipinski definition) is 4. The van der Waals surface area contributed by atoms with Crippen LogP contribution >= 0.6 is 0 Å². The second-order valence-electron chi connectivity index (χ2n) is 10.1. The lowest BCUT2D eigenvalue weighted by Gasteiger charge is -2.10. The third kappa shape index (κ3) is 4.55. The van der Waals surface area contributed by atoms with E-state index >= 15 is 0 Å². The summed E-state index contributed by atoms with van der Waals surface area (Å²) in [6, 6.07) is 37.2. The Labute approximate surface area is 256 Å². The highest BCUT2D eigenvalue weighted by atomic mass is 16.3. The Hall–Kier alpha value is -5.87. The van der Waals surface area contributed by atoms with Crippen molar-refractivity contribution in [1.82, 2.24) is 15.0 Å². The highest BCUT2D eigenvalue weighted by Crippen LogP contribution is 2.40. The number of rotatable bonds is 5. The molecule has 0 fully saturated rings. The first-order valence-corrected chi connectivity index (χ1v) is 13.9. The standard InChI is InChI=1S/C39H25N3O/c1-4-13-26(14-5-1)29-19-10-20-30(25-29)38-40-37(28-17-8-3-9-18-28)41-39(42-38)33-23-12-24-34-35(33)32-22-11-21-31(36(32)43-34)27-15-6-2-7-16-27/h1-25H/i2D,6D,7D,15D,16D. The van der Waals surface area contributed by atoms with E-state index in [1.807, 2.05) is 84.9 Å². The van der Waals surface area contributed by atoms with Crippen molar-refractivity contribution in [3.63, 3.8) is 0 Å². The van der Waals surface area contributed by atoms with Crippen molar-refractivity contribution >= 4 is 21.9 Å². The number of benzene rings is 6. The molecule has 0 aliphatic rings. The second kappa shape index (κ2) is 10.5. The molecule has 8 aromatic rings. The van der Waals surface area contributed by atoms with Gasteiger partial charge in [-0.25, -0.2) is 15.0 Å². The molecule has 0 saturated carbocycles. The predicted molar refractivity (Wildman–Crippen MR) is 174 cm³/mol. The molecule has 202 valence electrons. The number of aromatic nitrogens is 3. The van der Waals surface area contributed by atoms with Gasteiger partial charge in [0.1, 0.15) is 11.2 Å². The summed E-state index contributed by atoms with van der Waals surface area (Å²) in [6.07, 6.45) is 0. The van der Waals surface area contributed by atoms with E-state index in [1.165, 1.54) is 0 Å². The molecule has 6 aromatic carbocycles. The lowest BCUT2D eigenvalue weighted by Crippen LogP contribution is -2.00. The molecule has 0 amide bonds. The smallest absolute Gasteiger partial charge is 0.164 e. The maximum absolute atomic E-state index is 8.60. The zero-order valence-electron chi connectivity index (χ0n) is 27.8. The molecule has 4 nitrogen and oxygen atoms in total. The molecule has 0 N–H and O–H groups in total. The molecule has 0 spiro atoms. The first-order chi connectivity index (χ1) is 23.4. The van der Waals surface area contributed by atoms with E-state index in [0.717, 1.165) is 27.6 Å². The number of para-hydroxylation sites is 1. The van der Waals surface area contributed by atoms with Crippen LogP contribution in [0.2, 0.25) is 0 Å². The van der Waals surface area contributed by atoms with Gasteiger partial charge < -0.3 is 4.42 Å². The molecule has 0 unspecified atom stereocenters. The monoisotopic (exact) mass is 556 g/mol. The number of nitrogens with zero attached hydrogens (tertiary/aromatic N) is 3. The summed E-state index contributed by atoms with van der Waals surface area (Å²) in [6.45, 7) is 0. The lowest BCUT2D eigenvalue weighted by molar-refractivity contribution is 0.670. The van der Waals surface area contributed by atoms with E-state index in [9.17, 15) is 0 Å². The molecule has 0 aliphatic heterocycles. The van der Waals surface area contributed by atoms with Crippen LogP contribution in [0.5, 0.6) is 0 Å². The molecular weight excluding hydrogens is 526 g/mol. The van der Waals surface area contributed by atoms with E-state index in [4.69, 9.17) is 26.2 Å². The van der Waals surface area contributed by atoms with Crippen LogP contribution in [-0.2, 0) is 0 Å². The second-order valence-corrected chi connectivity index (χ2v) is 10.1. The van der Waals surface area contributed by atoms with Crippen LogP contribution in [0.4, 0.5) is 0 Å². The minimum absolute atomic E-state index is 0.0827. The van der Waals surface area contributed by atoms with Crippen LogP contribution in [0.25, 0.3) is 78.4 Å². The van der Waals surface area contributed by atoms with Gasteiger partial charge in [-0.3, -0.25) is 0 Å². The first kappa shape index (κ1) is 20.1. The minimum Gasteiger partial charge on any atom is -0.455 e. The highest BCUT2D eigenvalue weighted by molar-refractivity contribution is 6.14. The summed E-state index contributed by atoms with van der Waals surface area (Å²) in [7, 11) is 0. The average Bonchev–Trinajstić information content (AvgIpc) is 3.54. The van der Waals surface area contributed by atoms with Crippen molar-refractivity contribution in [3.05, 3.63) is 152 Å². The first-order valence-electron chi connectivity index (χ1n) is 16.4. The minimum atomic E-state index is -0.443. The summed E-state index contributed by atoms with van der Waals surface area (Å²) in [5.74, 6) is 1.48. The van der Waals surface area contributed by atoms with Crippen molar-refractivity contribution in [2.24, 2.45) is 0 Å². The highest BCUT2D eigenvalue weighted by Gasteiger charge is 2.19. The van der Waals surface area contributed by atoms with Gasteiger partial charge in [0.15, 0.2) is 17.5 Å². The van der Waals surface area contributed by atoms with Gasteiger partial charge in [0.2, 0.25) is 0 Å². The van der Waals surface area contributed by atoms with Gasteiger partial charge in [-0.05, 0) is 28.8 Å². The zero-order valence-corrected chi connectivity index (χ0v) is 22.8. The van der Waals surface area contributed by atoms with Crippen molar-refractivity contribution in [1.29, 1.82) is 0 Å². The lowest BCUT2D eigenvalue weighted by atomic mass is 10.0. The van der Waals surface area contributed by atoms with E-state index in [2.05, 4.69) is 24.3 Å². The van der Waals surface area contributed by atoms with Crippen LogP contribution in [-0.4, -0.2) is 15.0 Å². The predicted octanol–water partition coefficient (Wildman–Crippen LogP) is 10.1. The Morgan fingerprint density at radius 3 is 1.86 bits per heavy atom. The van der Waals surface area contributed by atoms with Crippen molar-refractivity contribution in [3.8, 4) is 56.4 Å². The number of fused-ring (bicyclic) bond motifs is 3. The summed E-state index contributed by atoms with van der Waals surface area (Å²) in [5.41, 5.74) is 5.97. The Balaban J connectivity index is 1.36. The molecule has 2 aromatic heterocycles. The third-order valence-electron chi connectivity index (χ3n) is 7.43. The molecule has 0 bridgehead atoms. The van der Waals surface area contributed by atoms with Gasteiger partial charge in [-0.1, -0.05) is 139 Å². The van der Waals surface area contributed by atoms with Crippen molar-refractivity contribution < 1.29 is 11.3 Å². The molecule has 4 heteroatoms. The molecule has 43 heavy (non-hydrogen) atoms. The van der Waals surface area contributed by atoms with E-state index in [-0.39, 0.29) is 17.6 Å². The fourth-order valence-electron chi connectivity index (χ4n) is 5.43. The Morgan fingerprint density at radius 1 is 0.465 bits per heavy atom. The van der Waals surface area contributed by atoms with Gasteiger partial charge in [0.05, 0.1) is 6.85 Å². The van der Waals surface area contributed by atoms with Crippen LogP contribution in [0.1, 0.15) is 6.85 Å². The van der Waals surface area contributed by atoms with Crippen molar-refractivity contribution in [2.45, 2.75) is 0 Å². The summed E-state index contributed by atoms with van der Waals surface area (Å²) < 4.78 is 48.1. The normalized spacial score (nSPS) is 12.9. The molecule has 0 saturated heterocycles. The summed E-state index contributed by atoms with van der Waals surface area (Å²) in [5, 5.41) is 1.45. The third-order valence-corrected chi connectivity index (χ3v) is 7.43. The quantitative estimate of drug-likeness (QED) is 0.212. The van der Waals surface area contributed by atoms with Crippen LogP contribution in [0, 0.1) is 0 Å². The largest absolute Gasteiger partial charge is 0.455 e. The molecule has 0 radical (unpaired) electrons. The average molecular weight is 557 g/mol. The van der Waals surface area contributed by atoms with Gasteiger partial charge in [-0.2, -0.15) is 0 Å². The van der Waals surface area contributed by atoms with E-state index in [0.29, 0.717) is 45.2 Å². The van der Waals surface area contributed by atoms with Crippen LogP contribution < -0.4 is 0 Å². The summed E-state index contributed by atoms with van der Waals surface area (Å²) >= 11 is 0. The van der Waals surface area contributed by atoms with Crippen LogP contribution in [0.3, 0.4) is 0 Å². The molecule has 8 rings (SSSR count). The SMILES string of the molecule is [2H]c1c([2H])c([2H])c(-c2cccc3c2oc2cccc(-c4nc(-c5ccccc5)nc(-c5cccc(-c6ccccc6)c5)n4)c23)c([2H])c1[2H]. The van der Waals surface area contributed by atoms with Crippen molar-refractivity contribution in [2.75, 3.05) is 0 Å². The Morgan fingerprint density at radius 2 is 1.07 bits per heavy atom. The molecular formula is C39H25N3O. The molecule has 0 atom stereocenters. The van der Waals surface area contributed by atoms with Gasteiger partial charge in [0.25, 0.3) is 0 Å². The topological polar surface area (TPSA) is 51.8 Å². The van der Waals surface area contributed by atoms with E-state index in [1.54, 1.807) is 12.1 Å². The van der Waals surface area contributed by atoms with E-state index < -0.39 is 18.1 Å². The number of hydrogen-bond donors (Lipinski definition) is 0. The number of furan rings is 1. The van der Waals surface area contributed by atoms with Gasteiger partial charge >= 0.3 is 0 Å². The fourth-order valence-corrected chi connectivity index (χ4v) is 5.43. The molecule has 2 heterocycles. The maximum Gasteiger partial charge on any atom is 0.164 e. The zero-order chi connectivity index (χ0) is 32.9. The molecule has 0 aliphatic carbocycles.